The number of carbonyl (C=O) groups is 2. The number of hydrogen-bond acceptors (Lipinski definition) is 20. The molecule has 12 N–H and O–H groups in total. The van der Waals surface area contributed by atoms with Crippen molar-refractivity contribution in [1.82, 2.24) is 10.6 Å². The van der Waals surface area contributed by atoms with Crippen LogP contribution in [0.4, 0.5) is 0 Å². The summed E-state index contributed by atoms with van der Waals surface area (Å²) in [5, 5.41) is 86.6. The van der Waals surface area contributed by atoms with Gasteiger partial charge >= 0.3 is 20.8 Å². The van der Waals surface area contributed by atoms with Crippen molar-refractivity contribution in [3.63, 3.8) is 0 Å². The zero-order valence-electron chi connectivity index (χ0n) is 25.1. The minimum atomic E-state index is -5.27. The molecular weight excluding hydrogens is 708 g/mol. The molecule has 24 nitrogen and oxygen atoms in total. The predicted octanol–water partition coefficient (Wildman–Crippen LogP) is -8.00. The predicted molar refractivity (Wildman–Crippen MR) is 147 cm³/mol. The maximum Gasteiger partial charge on any atom is 0.397 e. The van der Waals surface area contributed by atoms with Gasteiger partial charge in [-0.15, -0.1) is 0 Å². The average molecular weight is 749 g/mol. The molecule has 2 aliphatic rings. The molecule has 0 saturated carbocycles. The van der Waals surface area contributed by atoms with Gasteiger partial charge in [-0.05, 0) is 0 Å². The minimum absolute atomic E-state index is 0.775. The van der Waals surface area contributed by atoms with Gasteiger partial charge in [-0.2, -0.15) is 16.8 Å². The number of amides is 2. The zero-order chi connectivity index (χ0) is 36.7. The van der Waals surface area contributed by atoms with Crippen LogP contribution >= 0.6 is 0 Å². The summed E-state index contributed by atoms with van der Waals surface area (Å²) in [6.07, 6.45) is -24.8. The number of aliphatic hydroxyl groups excluding tert-OH is 8. The number of aliphatic hydroxyl groups is 8. The Morgan fingerprint density at radius 2 is 1.42 bits per heavy atom. The third-order valence-electron chi connectivity index (χ3n) is 6.96. The van der Waals surface area contributed by atoms with Gasteiger partial charge in [-0.3, -0.25) is 18.7 Å². The highest BCUT2D eigenvalue weighted by Crippen LogP contribution is 2.32. The van der Waals surface area contributed by atoms with E-state index in [1.165, 1.54) is 0 Å². The lowest BCUT2D eigenvalue weighted by Crippen LogP contribution is -2.69. The molecule has 0 bridgehead atoms. The Morgan fingerprint density at radius 1 is 0.812 bits per heavy atom. The molecule has 2 amide bonds. The van der Waals surface area contributed by atoms with Crippen LogP contribution in [0.3, 0.4) is 0 Å². The number of carbonyl (C=O) groups excluding carboxylic acids is 2. The zero-order valence-corrected chi connectivity index (χ0v) is 26.7. The van der Waals surface area contributed by atoms with E-state index in [4.69, 9.17) is 28.1 Å². The molecule has 0 radical (unpaired) electrons. The maximum atomic E-state index is 12.1. The summed E-state index contributed by atoms with van der Waals surface area (Å²) in [7, 11) is -10.5. The van der Waals surface area contributed by atoms with E-state index in [2.05, 4.69) is 19.0 Å². The van der Waals surface area contributed by atoms with E-state index in [0.29, 0.717) is 0 Å². The van der Waals surface area contributed by atoms with Crippen LogP contribution in [0, 0.1) is 0 Å². The topological polar surface area (TPSA) is 384 Å². The van der Waals surface area contributed by atoms with Gasteiger partial charge in [-0.1, -0.05) is 0 Å². The number of hydrogen-bond donors (Lipinski definition) is 12. The molecule has 2 rings (SSSR count). The van der Waals surface area contributed by atoms with Gasteiger partial charge in [0.25, 0.3) is 0 Å². The smallest absolute Gasteiger partial charge is 0.394 e. The Kier molecular flexibility index (Phi) is 15.8. The van der Waals surface area contributed by atoms with Crippen LogP contribution in [0.5, 0.6) is 0 Å². The van der Waals surface area contributed by atoms with E-state index >= 15 is 0 Å². The fraction of sp³-hybridized carbons (Fsp3) is 0.909. The summed E-state index contributed by atoms with van der Waals surface area (Å²) in [5.41, 5.74) is 0. The van der Waals surface area contributed by atoms with E-state index in [1.54, 1.807) is 0 Å². The first-order valence-electron chi connectivity index (χ1n) is 13.8. The van der Waals surface area contributed by atoms with Crippen molar-refractivity contribution in [3.05, 3.63) is 0 Å². The van der Waals surface area contributed by atoms with Crippen molar-refractivity contribution in [3.8, 4) is 0 Å². The molecule has 0 aliphatic carbocycles. The second-order valence-corrected chi connectivity index (χ2v) is 12.7. The lowest BCUT2D eigenvalue weighted by atomic mass is 9.95. The summed E-state index contributed by atoms with van der Waals surface area (Å²) in [6.45, 7) is -2.42. The van der Waals surface area contributed by atoms with Gasteiger partial charge in [0.15, 0.2) is 12.6 Å². The Balaban J connectivity index is 2.54. The first-order valence-corrected chi connectivity index (χ1v) is 16.5. The monoisotopic (exact) mass is 748 g/mol. The van der Waals surface area contributed by atoms with Crippen molar-refractivity contribution >= 4 is 32.6 Å². The van der Waals surface area contributed by atoms with Crippen LogP contribution < -0.4 is 10.6 Å². The number of nitrogens with one attached hydrogen (secondary N) is 2. The Labute approximate surface area is 273 Å². The average Bonchev–Trinajstić information content (AvgIpc) is 2.98. The molecule has 0 unspecified atom stereocenters. The molecular formula is C22H40N2O22S2. The highest BCUT2D eigenvalue weighted by atomic mass is 32.3. The second kappa shape index (κ2) is 17.9. The summed E-state index contributed by atoms with van der Waals surface area (Å²) in [6, 6.07) is -3.37. The fourth-order valence-electron chi connectivity index (χ4n) is 4.85. The van der Waals surface area contributed by atoms with E-state index < -0.39 is 145 Å². The lowest BCUT2D eigenvalue weighted by Gasteiger charge is -2.48. The van der Waals surface area contributed by atoms with Crippen LogP contribution in [0.25, 0.3) is 0 Å². The van der Waals surface area contributed by atoms with Crippen LogP contribution in [-0.2, 0) is 57.7 Å². The van der Waals surface area contributed by atoms with Crippen molar-refractivity contribution in [2.75, 3.05) is 26.4 Å². The summed E-state index contributed by atoms with van der Waals surface area (Å²) >= 11 is 0. The SMILES string of the molecule is CC(=O)N[C@H]1[C@H](O[C@@H]([C@@H](O)[C@H](O)CO)[C@H](CO)NC(C)=O)O[C@H](COS(=O)(=O)O)[C@@H](O[C@@H]2O[C@H](CO)[C@H](OS(=O)(=O)O)[C@H](O)[C@H]2O)[C@@H]1O. The van der Waals surface area contributed by atoms with Gasteiger partial charge in [0, 0.05) is 13.8 Å². The van der Waals surface area contributed by atoms with Gasteiger partial charge < -0.3 is 70.4 Å². The number of rotatable bonds is 17. The summed E-state index contributed by atoms with van der Waals surface area (Å²) < 4.78 is 94.1. The van der Waals surface area contributed by atoms with Crippen molar-refractivity contribution in [1.29, 1.82) is 0 Å². The molecule has 0 aromatic carbocycles. The molecule has 282 valence electrons. The van der Waals surface area contributed by atoms with E-state index in [1.807, 2.05) is 0 Å². The maximum absolute atomic E-state index is 12.1. The molecule has 48 heavy (non-hydrogen) atoms. The normalized spacial score (nSPS) is 34.1. The van der Waals surface area contributed by atoms with Crippen molar-refractivity contribution < 1.29 is 104 Å². The number of ether oxygens (including phenoxy) is 4. The molecule has 2 aliphatic heterocycles. The van der Waals surface area contributed by atoms with Crippen LogP contribution in [-0.4, -0.2) is 191 Å². The highest BCUT2D eigenvalue weighted by Gasteiger charge is 2.54. The van der Waals surface area contributed by atoms with Gasteiger partial charge in [0.05, 0.1) is 32.5 Å². The second-order valence-electron chi connectivity index (χ2n) is 10.6. The van der Waals surface area contributed by atoms with Crippen LogP contribution in [0.1, 0.15) is 13.8 Å². The van der Waals surface area contributed by atoms with Crippen LogP contribution in [0.2, 0.25) is 0 Å². The summed E-state index contributed by atoms with van der Waals surface area (Å²) in [4.78, 5) is 23.9. The molecule has 0 aromatic rings. The van der Waals surface area contributed by atoms with Crippen LogP contribution in [0.15, 0.2) is 0 Å². The highest BCUT2D eigenvalue weighted by molar-refractivity contribution is 7.81. The fourth-order valence-corrected chi connectivity index (χ4v) is 5.67. The molecule has 2 heterocycles. The van der Waals surface area contributed by atoms with Crippen molar-refractivity contribution in [2.24, 2.45) is 0 Å². The van der Waals surface area contributed by atoms with E-state index in [9.17, 15) is 67.3 Å². The minimum Gasteiger partial charge on any atom is -0.394 e. The third-order valence-corrected chi connectivity index (χ3v) is 7.86. The Morgan fingerprint density at radius 3 is 1.90 bits per heavy atom. The Bertz CT molecular complexity index is 1270. The molecule has 0 spiro atoms. The molecule has 2 fully saturated rings. The van der Waals surface area contributed by atoms with Gasteiger partial charge in [0.1, 0.15) is 67.1 Å². The molecule has 2 saturated heterocycles. The molecule has 26 heteroatoms. The molecule has 0 aromatic heterocycles. The van der Waals surface area contributed by atoms with E-state index in [0.717, 1.165) is 13.8 Å². The first-order chi connectivity index (χ1) is 22.1. The lowest BCUT2D eigenvalue weighted by molar-refractivity contribution is -0.351. The van der Waals surface area contributed by atoms with Gasteiger partial charge in [0.2, 0.25) is 11.8 Å². The molecule has 14 atom stereocenters. The standard InChI is InChI=1S/C22H40N2O22S2/c1-7(28)23-9(3-25)18(14(31)10(30)4-26)44-21-13(24-8(2)29)15(32)19(12(43-21)6-41-47(35,36)37)45-22-17(34)16(33)20(11(5-27)42-22)46-48(38,39)40/h9-22,25-27,30-34H,3-6H2,1-2H3,(H,23,28)(H,24,29)(H,35,36,37)(H,38,39,40)/t9-,10+,11+,12+,13+,14-,15+,16+,17+,18+,19+,20-,21-,22-/m0/s1. The van der Waals surface area contributed by atoms with Crippen molar-refractivity contribution in [2.45, 2.75) is 99.6 Å². The summed E-state index contributed by atoms with van der Waals surface area (Å²) in [5.74, 6) is -1.66. The quantitative estimate of drug-likeness (QED) is 0.0614. The van der Waals surface area contributed by atoms with Gasteiger partial charge in [-0.25, -0.2) is 8.37 Å². The largest absolute Gasteiger partial charge is 0.397 e. The Hall–Kier alpha value is -1.80. The third kappa shape index (κ3) is 11.9. The van der Waals surface area contributed by atoms with E-state index in [-0.39, 0.29) is 0 Å². The first kappa shape index (κ1) is 42.4.